The molecule has 0 spiro atoms. The summed E-state index contributed by atoms with van der Waals surface area (Å²) in [5.74, 6) is -3.40. The van der Waals surface area contributed by atoms with E-state index in [1.807, 2.05) is 5.32 Å². The number of halogens is 3. The Morgan fingerprint density at radius 1 is 1.37 bits per heavy atom. The molecule has 0 aliphatic carbocycles. The maximum atomic E-state index is 14.2. The van der Waals surface area contributed by atoms with Gasteiger partial charge in [-0.1, -0.05) is 13.8 Å². The van der Waals surface area contributed by atoms with E-state index in [9.17, 15) is 27.6 Å². The lowest BCUT2D eigenvalue weighted by molar-refractivity contribution is -0.195. The minimum Gasteiger partial charge on any atom is -0.376 e. The van der Waals surface area contributed by atoms with Gasteiger partial charge < -0.3 is 15.0 Å². The van der Waals surface area contributed by atoms with E-state index >= 15 is 0 Å². The normalized spacial score (nSPS) is 26.3. The Morgan fingerprint density at radius 3 is 2.44 bits per heavy atom. The van der Waals surface area contributed by atoms with Gasteiger partial charge in [0.1, 0.15) is 0 Å². The number of ether oxygens (including phenoxy) is 1. The molecular formula is C18H25F3N2O4. The third-order valence-electron chi connectivity index (χ3n) is 4.82. The van der Waals surface area contributed by atoms with Crippen LogP contribution in [-0.2, 0) is 19.1 Å². The molecule has 0 saturated carbocycles. The summed E-state index contributed by atoms with van der Waals surface area (Å²) in [7, 11) is 0. The number of amides is 2. The molecule has 2 aliphatic rings. The van der Waals surface area contributed by atoms with Gasteiger partial charge >= 0.3 is 6.18 Å². The lowest BCUT2D eigenvalue weighted by Gasteiger charge is -2.33. The molecule has 2 rings (SSSR count). The van der Waals surface area contributed by atoms with Crippen LogP contribution in [0.1, 0.15) is 47.0 Å². The molecular weight excluding hydrogens is 365 g/mol. The van der Waals surface area contributed by atoms with Gasteiger partial charge in [0.15, 0.2) is 5.78 Å². The minimum atomic E-state index is -5.16. The summed E-state index contributed by atoms with van der Waals surface area (Å²) in [6.45, 7) is 6.01. The maximum absolute atomic E-state index is 14.2. The first kappa shape index (κ1) is 21.4. The summed E-state index contributed by atoms with van der Waals surface area (Å²) in [6.07, 6.45) is -4.38. The maximum Gasteiger partial charge on any atom is 0.425 e. The van der Waals surface area contributed by atoms with Gasteiger partial charge in [0.2, 0.25) is 11.4 Å². The summed E-state index contributed by atoms with van der Waals surface area (Å²) in [4.78, 5) is 38.2. The number of nitrogens with zero attached hydrogens (tertiary/aromatic N) is 1. The molecule has 0 unspecified atom stereocenters. The van der Waals surface area contributed by atoms with E-state index in [4.69, 9.17) is 4.74 Å². The molecule has 2 atom stereocenters. The molecule has 0 aromatic heterocycles. The first-order valence-corrected chi connectivity index (χ1v) is 8.95. The molecule has 0 bridgehead atoms. The van der Waals surface area contributed by atoms with Crippen LogP contribution in [0.5, 0.6) is 0 Å². The Hall–Kier alpha value is -1.90. The topological polar surface area (TPSA) is 75.7 Å². The number of rotatable bonds is 6. The number of alkyl halides is 3. The molecule has 1 fully saturated rings. The number of carbonyl (C=O) groups excluding carboxylic acids is 3. The second kappa shape index (κ2) is 7.61. The van der Waals surface area contributed by atoms with Crippen molar-refractivity contribution >= 4 is 17.6 Å². The van der Waals surface area contributed by atoms with E-state index in [1.165, 1.54) is 6.92 Å². The number of ketones is 1. The number of hydrogen-bond donors (Lipinski definition) is 1. The van der Waals surface area contributed by atoms with E-state index in [-0.39, 0.29) is 24.6 Å². The van der Waals surface area contributed by atoms with Crippen LogP contribution in [0.25, 0.3) is 0 Å². The number of nitrogens with one attached hydrogen (secondary N) is 1. The molecule has 2 heterocycles. The van der Waals surface area contributed by atoms with Gasteiger partial charge in [0, 0.05) is 18.7 Å². The molecule has 152 valence electrons. The van der Waals surface area contributed by atoms with Crippen LogP contribution in [-0.4, -0.2) is 53.5 Å². The molecule has 1 saturated heterocycles. The number of hydrogen-bond acceptors (Lipinski definition) is 4. The van der Waals surface area contributed by atoms with Crippen LogP contribution in [0.4, 0.5) is 13.2 Å². The Labute approximate surface area is 156 Å². The van der Waals surface area contributed by atoms with Gasteiger partial charge in [-0.25, -0.2) is 0 Å². The second-order valence-electron chi connectivity index (χ2n) is 7.46. The Balaban J connectivity index is 2.50. The summed E-state index contributed by atoms with van der Waals surface area (Å²) in [5.41, 5.74) is -4.17. The second-order valence-corrected chi connectivity index (χ2v) is 7.46. The molecule has 2 aliphatic heterocycles. The van der Waals surface area contributed by atoms with E-state index in [1.54, 1.807) is 13.8 Å². The van der Waals surface area contributed by atoms with Crippen molar-refractivity contribution in [3.05, 3.63) is 11.3 Å². The molecule has 0 radical (unpaired) electrons. The summed E-state index contributed by atoms with van der Waals surface area (Å²) < 4.78 is 47.9. The lowest BCUT2D eigenvalue weighted by atomic mass is 9.86. The van der Waals surface area contributed by atoms with Crippen LogP contribution in [0.2, 0.25) is 0 Å². The van der Waals surface area contributed by atoms with E-state index in [0.29, 0.717) is 13.0 Å². The SMILES string of the molecule is CC(=O)C1=C(C)N(C[C@@H]2CCCO2)C(=O)[C@@]1(NC(=O)CC(C)C)C(F)(F)F. The van der Waals surface area contributed by atoms with Crippen molar-refractivity contribution in [1.29, 1.82) is 0 Å². The van der Waals surface area contributed by atoms with Gasteiger partial charge in [-0.05, 0) is 32.6 Å². The van der Waals surface area contributed by atoms with Crippen LogP contribution >= 0.6 is 0 Å². The Bertz CT molecular complexity index is 666. The highest BCUT2D eigenvalue weighted by atomic mass is 19.4. The number of Topliss-reactive ketones (excluding diaryl/α,β-unsaturated/α-hetero) is 1. The first-order chi connectivity index (χ1) is 12.4. The number of allylic oxidation sites excluding steroid dienone is 1. The highest BCUT2D eigenvalue weighted by Crippen LogP contribution is 2.45. The highest BCUT2D eigenvalue weighted by molar-refractivity contribution is 6.12. The predicted octanol–water partition coefficient (Wildman–Crippen LogP) is 2.33. The van der Waals surface area contributed by atoms with Gasteiger partial charge in [0.05, 0.1) is 18.2 Å². The van der Waals surface area contributed by atoms with Gasteiger partial charge in [-0.2, -0.15) is 13.2 Å². The van der Waals surface area contributed by atoms with E-state index < -0.39 is 41.0 Å². The van der Waals surface area contributed by atoms with E-state index in [2.05, 4.69) is 0 Å². The minimum absolute atomic E-state index is 0.0840. The zero-order valence-electron chi connectivity index (χ0n) is 15.9. The van der Waals surface area contributed by atoms with Crippen LogP contribution in [0.3, 0.4) is 0 Å². The average molecular weight is 390 g/mol. The van der Waals surface area contributed by atoms with Crippen molar-refractivity contribution in [2.45, 2.75) is 64.8 Å². The van der Waals surface area contributed by atoms with Crippen molar-refractivity contribution < 1.29 is 32.3 Å². The predicted molar refractivity (Wildman–Crippen MR) is 90.5 cm³/mol. The molecule has 9 heteroatoms. The monoisotopic (exact) mass is 390 g/mol. The van der Waals surface area contributed by atoms with Gasteiger partial charge in [0.25, 0.3) is 5.91 Å². The molecule has 0 aromatic rings. The zero-order valence-corrected chi connectivity index (χ0v) is 15.9. The van der Waals surface area contributed by atoms with Gasteiger partial charge in [-0.3, -0.25) is 14.4 Å². The standard InChI is InChI=1S/C18H25F3N2O4/c1-10(2)8-14(25)22-17(18(19,20)21)15(12(4)24)11(3)23(16(17)26)9-13-6-5-7-27-13/h10,13H,5-9H2,1-4H3,(H,22,25)/t13-,17+/m0/s1. The van der Waals surface area contributed by atoms with Crippen molar-refractivity contribution in [2.75, 3.05) is 13.2 Å². The van der Waals surface area contributed by atoms with Crippen molar-refractivity contribution in [2.24, 2.45) is 5.92 Å². The largest absolute Gasteiger partial charge is 0.425 e. The van der Waals surface area contributed by atoms with Crippen molar-refractivity contribution in [3.8, 4) is 0 Å². The molecule has 1 N–H and O–H groups in total. The van der Waals surface area contributed by atoms with Crippen LogP contribution in [0, 0.1) is 5.92 Å². The molecule has 0 aromatic carbocycles. The third-order valence-corrected chi connectivity index (χ3v) is 4.82. The summed E-state index contributed by atoms with van der Waals surface area (Å²) >= 11 is 0. The van der Waals surface area contributed by atoms with Gasteiger partial charge in [-0.15, -0.1) is 0 Å². The van der Waals surface area contributed by atoms with E-state index in [0.717, 1.165) is 18.2 Å². The molecule has 6 nitrogen and oxygen atoms in total. The summed E-state index contributed by atoms with van der Waals surface area (Å²) in [5, 5.41) is 1.86. The lowest BCUT2D eigenvalue weighted by Crippen LogP contribution is -2.66. The fourth-order valence-electron chi connectivity index (χ4n) is 3.68. The third kappa shape index (κ3) is 3.88. The van der Waals surface area contributed by atoms with Crippen molar-refractivity contribution in [3.63, 3.8) is 0 Å². The fourth-order valence-corrected chi connectivity index (χ4v) is 3.68. The highest BCUT2D eigenvalue weighted by Gasteiger charge is 2.69. The van der Waals surface area contributed by atoms with Crippen molar-refractivity contribution in [1.82, 2.24) is 10.2 Å². The zero-order chi connectivity index (χ0) is 20.6. The quantitative estimate of drug-likeness (QED) is 0.755. The average Bonchev–Trinajstić information content (AvgIpc) is 3.07. The number of carbonyl (C=O) groups is 3. The Kier molecular flexibility index (Phi) is 6.03. The first-order valence-electron chi connectivity index (χ1n) is 8.95. The fraction of sp³-hybridized carbons (Fsp3) is 0.722. The Morgan fingerprint density at radius 2 is 2.00 bits per heavy atom. The summed E-state index contributed by atoms with van der Waals surface area (Å²) in [6, 6.07) is 0. The van der Waals surface area contributed by atoms with Crippen LogP contribution < -0.4 is 5.32 Å². The van der Waals surface area contributed by atoms with Crippen LogP contribution in [0.15, 0.2) is 11.3 Å². The molecule has 27 heavy (non-hydrogen) atoms. The smallest absolute Gasteiger partial charge is 0.376 e. The molecule has 2 amide bonds.